The Kier molecular flexibility index (Phi) is 5.30. The van der Waals surface area contributed by atoms with Crippen molar-refractivity contribution in [1.82, 2.24) is 19.6 Å². The molecular formula is C17H24N4O2S. The van der Waals surface area contributed by atoms with E-state index >= 15 is 0 Å². The zero-order chi connectivity index (χ0) is 17.1. The van der Waals surface area contributed by atoms with Gasteiger partial charge in [-0.15, -0.1) is 11.3 Å². The SMILES string of the molecule is CC(C)CNC(=O)[C@H]1CCCN(Cc2cc(=O)n3ccsc3n2)C1. The molecule has 1 amide bonds. The summed E-state index contributed by atoms with van der Waals surface area (Å²) in [6.45, 7) is 7.21. The van der Waals surface area contributed by atoms with E-state index in [1.165, 1.54) is 11.3 Å². The smallest absolute Gasteiger partial charge is 0.258 e. The molecule has 2 aromatic rings. The van der Waals surface area contributed by atoms with Crippen molar-refractivity contribution in [1.29, 1.82) is 0 Å². The van der Waals surface area contributed by atoms with E-state index in [0.29, 0.717) is 12.5 Å². The van der Waals surface area contributed by atoms with Crippen LogP contribution in [0.3, 0.4) is 0 Å². The number of amides is 1. The summed E-state index contributed by atoms with van der Waals surface area (Å²) in [6, 6.07) is 1.60. The van der Waals surface area contributed by atoms with Gasteiger partial charge in [-0.2, -0.15) is 0 Å². The van der Waals surface area contributed by atoms with Gasteiger partial charge in [0.25, 0.3) is 5.56 Å². The summed E-state index contributed by atoms with van der Waals surface area (Å²) in [5, 5.41) is 4.90. The number of thiazole rings is 1. The standard InChI is InChI=1S/C17H24N4O2S/c1-12(2)9-18-16(23)13-4-3-5-20(10-13)11-14-8-15(22)21-6-7-24-17(21)19-14/h6-8,12-13H,3-5,9-11H2,1-2H3,(H,18,23)/t13-/m0/s1. The maximum absolute atomic E-state index is 12.3. The number of aromatic nitrogens is 2. The zero-order valence-corrected chi connectivity index (χ0v) is 15.0. The normalized spacial score (nSPS) is 19.0. The second-order valence-electron chi connectivity index (χ2n) is 6.85. The van der Waals surface area contributed by atoms with Gasteiger partial charge in [0.2, 0.25) is 5.91 Å². The molecule has 0 radical (unpaired) electrons. The highest BCUT2D eigenvalue weighted by atomic mass is 32.1. The number of hydrogen-bond donors (Lipinski definition) is 1. The Morgan fingerprint density at radius 2 is 2.33 bits per heavy atom. The molecule has 0 aromatic carbocycles. The molecule has 3 rings (SSSR count). The van der Waals surface area contributed by atoms with Crippen LogP contribution < -0.4 is 10.9 Å². The Morgan fingerprint density at radius 1 is 1.50 bits per heavy atom. The van der Waals surface area contributed by atoms with E-state index in [9.17, 15) is 9.59 Å². The maximum Gasteiger partial charge on any atom is 0.258 e. The van der Waals surface area contributed by atoms with Gasteiger partial charge in [0.15, 0.2) is 4.96 Å². The van der Waals surface area contributed by atoms with Crippen molar-refractivity contribution in [3.8, 4) is 0 Å². The lowest BCUT2D eigenvalue weighted by Crippen LogP contribution is -2.43. The lowest BCUT2D eigenvalue weighted by molar-refractivity contribution is -0.126. The molecule has 0 unspecified atom stereocenters. The highest BCUT2D eigenvalue weighted by Crippen LogP contribution is 2.18. The maximum atomic E-state index is 12.3. The van der Waals surface area contributed by atoms with E-state index in [1.807, 2.05) is 5.38 Å². The largest absolute Gasteiger partial charge is 0.356 e. The van der Waals surface area contributed by atoms with Crippen molar-refractivity contribution >= 4 is 22.2 Å². The van der Waals surface area contributed by atoms with Crippen LogP contribution in [-0.2, 0) is 11.3 Å². The number of nitrogens with zero attached hydrogens (tertiary/aromatic N) is 3. The van der Waals surface area contributed by atoms with Crippen LogP contribution in [0.4, 0.5) is 0 Å². The topological polar surface area (TPSA) is 66.7 Å². The molecule has 2 aromatic heterocycles. The van der Waals surface area contributed by atoms with Crippen LogP contribution in [-0.4, -0.2) is 39.8 Å². The molecule has 0 aliphatic carbocycles. The predicted octanol–water partition coefficient (Wildman–Crippen LogP) is 1.74. The van der Waals surface area contributed by atoms with Crippen molar-refractivity contribution in [2.24, 2.45) is 11.8 Å². The first kappa shape index (κ1) is 17.1. The van der Waals surface area contributed by atoms with Gasteiger partial charge >= 0.3 is 0 Å². The van der Waals surface area contributed by atoms with Gasteiger partial charge in [0.1, 0.15) is 0 Å². The summed E-state index contributed by atoms with van der Waals surface area (Å²) in [6.07, 6.45) is 3.68. The van der Waals surface area contributed by atoms with Gasteiger partial charge in [-0.25, -0.2) is 4.98 Å². The molecule has 0 saturated carbocycles. The number of fused-ring (bicyclic) bond motifs is 1. The Morgan fingerprint density at radius 3 is 3.12 bits per heavy atom. The summed E-state index contributed by atoms with van der Waals surface area (Å²) < 4.78 is 1.56. The van der Waals surface area contributed by atoms with Gasteiger partial charge in [-0.05, 0) is 25.3 Å². The van der Waals surface area contributed by atoms with E-state index < -0.39 is 0 Å². The van der Waals surface area contributed by atoms with Crippen LogP contribution in [0.2, 0.25) is 0 Å². The first-order chi connectivity index (χ1) is 11.5. The molecule has 6 nitrogen and oxygen atoms in total. The Hall–Kier alpha value is -1.73. The number of piperidine rings is 1. The highest BCUT2D eigenvalue weighted by molar-refractivity contribution is 7.15. The molecule has 1 aliphatic heterocycles. The van der Waals surface area contributed by atoms with Crippen LogP contribution in [0, 0.1) is 11.8 Å². The van der Waals surface area contributed by atoms with Gasteiger partial charge in [-0.3, -0.25) is 18.9 Å². The summed E-state index contributed by atoms with van der Waals surface area (Å²) in [5.41, 5.74) is 0.741. The molecule has 1 atom stereocenters. The van der Waals surface area contributed by atoms with Crippen LogP contribution in [0.1, 0.15) is 32.4 Å². The van der Waals surface area contributed by atoms with Crippen molar-refractivity contribution in [3.05, 3.63) is 33.7 Å². The number of carbonyl (C=O) groups excluding carboxylic acids is 1. The third kappa shape index (κ3) is 4.02. The molecule has 0 spiro atoms. The predicted molar refractivity (Wildman–Crippen MR) is 95.2 cm³/mol. The molecular weight excluding hydrogens is 324 g/mol. The zero-order valence-electron chi connectivity index (χ0n) is 14.2. The molecule has 24 heavy (non-hydrogen) atoms. The minimum atomic E-state index is -0.0421. The molecule has 7 heteroatoms. The van der Waals surface area contributed by atoms with Gasteiger partial charge in [0.05, 0.1) is 11.6 Å². The Balaban J connectivity index is 1.64. The van der Waals surface area contributed by atoms with Gasteiger partial charge < -0.3 is 5.32 Å². The first-order valence-electron chi connectivity index (χ1n) is 8.49. The monoisotopic (exact) mass is 348 g/mol. The van der Waals surface area contributed by atoms with Crippen LogP contribution in [0.15, 0.2) is 22.4 Å². The highest BCUT2D eigenvalue weighted by Gasteiger charge is 2.26. The van der Waals surface area contributed by atoms with Crippen molar-refractivity contribution < 1.29 is 4.79 Å². The van der Waals surface area contributed by atoms with Crippen LogP contribution in [0.25, 0.3) is 4.96 Å². The molecule has 0 bridgehead atoms. The molecule has 1 saturated heterocycles. The number of nitrogens with one attached hydrogen (secondary N) is 1. The van der Waals surface area contributed by atoms with E-state index in [2.05, 4.69) is 29.0 Å². The molecule has 130 valence electrons. The quantitative estimate of drug-likeness (QED) is 0.894. The molecule has 1 N–H and O–H groups in total. The third-order valence-corrected chi connectivity index (χ3v) is 5.06. The van der Waals surface area contributed by atoms with Gasteiger partial charge in [0, 0.05) is 37.3 Å². The Labute approximate surface area is 145 Å². The third-order valence-electron chi connectivity index (χ3n) is 4.30. The lowest BCUT2D eigenvalue weighted by atomic mass is 9.97. The minimum absolute atomic E-state index is 0.0315. The van der Waals surface area contributed by atoms with E-state index in [-0.39, 0.29) is 17.4 Å². The fourth-order valence-corrected chi connectivity index (χ4v) is 3.80. The van der Waals surface area contributed by atoms with E-state index in [0.717, 1.165) is 43.1 Å². The van der Waals surface area contributed by atoms with E-state index in [4.69, 9.17) is 0 Å². The fourth-order valence-electron chi connectivity index (χ4n) is 3.06. The number of likely N-dealkylation sites (tertiary alicyclic amines) is 1. The Bertz CT molecular complexity index is 767. The van der Waals surface area contributed by atoms with Crippen LogP contribution >= 0.6 is 11.3 Å². The second kappa shape index (κ2) is 7.44. The van der Waals surface area contributed by atoms with Crippen molar-refractivity contribution in [2.45, 2.75) is 33.2 Å². The number of carbonyl (C=O) groups is 1. The molecule has 3 heterocycles. The van der Waals surface area contributed by atoms with Crippen LogP contribution in [0.5, 0.6) is 0 Å². The fraction of sp³-hybridized carbons (Fsp3) is 0.588. The summed E-state index contributed by atoms with van der Waals surface area (Å²) >= 11 is 1.46. The van der Waals surface area contributed by atoms with Gasteiger partial charge in [-0.1, -0.05) is 13.8 Å². The number of rotatable bonds is 5. The molecule has 1 aliphatic rings. The lowest BCUT2D eigenvalue weighted by Gasteiger charge is -2.31. The summed E-state index contributed by atoms with van der Waals surface area (Å²) in [4.78, 5) is 31.9. The summed E-state index contributed by atoms with van der Waals surface area (Å²) in [5.74, 6) is 0.641. The summed E-state index contributed by atoms with van der Waals surface area (Å²) in [7, 11) is 0. The minimum Gasteiger partial charge on any atom is -0.356 e. The van der Waals surface area contributed by atoms with Crippen molar-refractivity contribution in [2.75, 3.05) is 19.6 Å². The van der Waals surface area contributed by atoms with E-state index in [1.54, 1.807) is 16.7 Å². The average Bonchev–Trinajstić information content (AvgIpc) is 3.02. The van der Waals surface area contributed by atoms with Crippen molar-refractivity contribution in [3.63, 3.8) is 0 Å². The number of hydrogen-bond acceptors (Lipinski definition) is 5. The average molecular weight is 348 g/mol. The second-order valence-corrected chi connectivity index (χ2v) is 7.73. The molecule has 1 fully saturated rings. The first-order valence-corrected chi connectivity index (χ1v) is 9.36.